The van der Waals surface area contributed by atoms with E-state index in [1.165, 1.54) is 12.1 Å². The lowest BCUT2D eigenvalue weighted by Gasteiger charge is -2.26. The molecule has 3 aromatic carbocycles. The number of hydrogen-bond donors (Lipinski definition) is 0. The molecule has 4 aromatic rings. The summed E-state index contributed by atoms with van der Waals surface area (Å²) in [6, 6.07) is 15.8. The molecule has 0 saturated carbocycles. The smallest absolute Gasteiger partial charge is 0.291 e. The van der Waals surface area contributed by atoms with E-state index in [1.54, 1.807) is 48.4 Å². The molecular formula is C31H29BrFNO5. The van der Waals surface area contributed by atoms with Crippen molar-refractivity contribution in [3.63, 3.8) is 0 Å². The van der Waals surface area contributed by atoms with E-state index >= 15 is 0 Å². The van der Waals surface area contributed by atoms with Gasteiger partial charge in [0, 0.05) is 11.0 Å². The number of nitrogens with zero attached hydrogens (tertiary/aromatic N) is 1. The summed E-state index contributed by atoms with van der Waals surface area (Å²) in [6.07, 6.45) is 4.34. The highest BCUT2D eigenvalue weighted by atomic mass is 79.9. The largest absolute Gasteiger partial charge is 0.493 e. The fourth-order valence-electron chi connectivity index (χ4n) is 4.97. The molecule has 0 fully saturated rings. The molecule has 1 atom stereocenters. The number of fused-ring (bicyclic) bond motifs is 2. The number of rotatable bonds is 10. The second-order valence-electron chi connectivity index (χ2n) is 9.60. The topological polar surface area (TPSA) is 69.0 Å². The first kappa shape index (κ1) is 26.9. The Morgan fingerprint density at radius 1 is 0.974 bits per heavy atom. The summed E-state index contributed by atoms with van der Waals surface area (Å²) < 4.78 is 32.0. The second kappa shape index (κ2) is 11.6. The molecule has 0 saturated heterocycles. The van der Waals surface area contributed by atoms with Crippen molar-refractivity contribution in [3.8, 4) is 11.5 Å². The number of ether oxygens (including phenoxy) is 2. The van der Waals surface area contributed by atoms with Crippen LogP contribution in [-0.2, 0) is 6.54 Å². The molecule has 1 unspecified atom stereocenters. The molecule has 5 rings (SSSR count). The minimum absolute atomic E-state index is 0.0113. The van der Waals surface area contributed by atoms with Gasteiger partial charge in [0.1, 0.15) is 11.4 Å². The lowest BCUT2D eigenvalue weighted by Crippen LogP contribution is -2.29. The predicted octanol–water partition coefficient (Wildman–Crippen LogP) is 7.41. The van der Waals surface area contributed by atoms with Gasteiger partial charge in [-0.05, 0) is 60.0 Å². The summed E-state index contributed by atoms with van der Waals surface area (Å²) in [5.41, 5.74) is 1.73. The number of methoxy groups -OCH3 is 1. The van der Waals surface area contributed by atoms with Crippen LogP contribution in [0.25, 0.3) is 11.0 Å². The normalized spacial score (nSPS) is 14.6. The van der Waals surface area contributed by atoms with Gasteiger partial charge in [0.2, 0.25) is 5.76 Å². The molecule has 6 nitrogen and oxygen atoms in total. The van der Waals surface area contributed by atoms with Crippen molar-refractivity contribution in [2.45, 2.75) is 45.2 Å². The number of carbonyl (C=O) groups excluding carboxylic acids is 1. The van der Waals surface area contributed by atoms with E-state index in [0.717, 1.165) is 35.7 Å². The fourth-order valence-corrected chi connectivity index (χ4v) is 5.33. The molecule has 0 aliphatic carbocycles. The Bertz CT molecular complexity index is 1570. The Kier molecular flexibility index (Phi) is 8.02. The van der Waals surface area contributed by atoms with Gasteiger partial charge in [0.25, 0.3) is 5.91 Å². The van der Waals surface area contributed by atoms with E-state index in [9.17, 15) is 14.0 Å². The van der Waals surface area contributed by atoms with Crippen LogP contribution in [-0.4, -0.2) is 24.5 Å². The van der Waals surface area contributed by atoms with Gasteiger partial charge in [-0.15, -0.1) is 0 Å². The van der Waals surface area contributed by atoms with Crippen molar-refractivity contribution in [2.75, 3.05) is 13.7 Å². The minimum atomic E-state index is -0.732. The molecule has 0 bridgehead atoms. The van der Waals surface area contributed by atoms with Gasteiger partial charge in [-0.3, -0.25) is 9.59 Å². The second-order valence-corrected chi connectivity index (χ2v) is 10.5. The molecule has 2 heterocycles. The van der Waals surface area contributed by atoms with E-state index in [1.807, 2.05) is 12.1 Å². The molecule has 1 aliphatic heterocycles. The third-order valence-electron chi connectivity index (χ3n) is 6.95. The Hall–Kier alpha value is -3.65. The van der Waals surface area contributed by atoms with Crippen molar-refractivity contribution < 1.29 is 23.1 Å². The average Bonchev–Trinajstić information content (AvgIpc) is 3.21. The number of halogens is 2. The van der Waals surface area contributed by atoms with Crippen LogP contribution in [0.4, 0.5) is 4.39 Å². The van der Waals surface area contributed by atoms with Gasteiger partial charge in [-0.1, -0.05) is 60.3 Å². The van der Waals surface area contributed by atoms with Crippen LogP contribution < -0.4 is 14.9 Å². The fraction of sp³-hybridized carbons (Fsp3) is 0.290. The van der Waals surface area contributed by atoms with E-state index in [2.05, 4.69) is 22.9 Å². The highest BCUT2D eigenvalue weighted by Gasteiger charge is 2.43. The lowest BCUT2D eigenvalue weighted by molar-refractivity contribution is 0.0714. The number of benzene rings is 3. The highest BCUT2D eigenvalue weighted by Crippen LogP contribution is 2.42. The molecule has 1 amide bonds. The third kappa shape index (κ3) is 5.43. The van der Waals surface area contributed by atoms with Crippen molar-refractivity contribution in [1.82, 2.24) is 4.90 Å². The first-order valence-electron chi connectivity index (χ1n) is 13.0. The molecule has 0 radical (unpaired) electrons. The standard InChI is InChI=1S/C31H29BrFNO5/c1-3-4-5-6-15-38-25-13-9-20(16-26(25)37-2)28-27-29(35)23-17-21(32)10-14-24(23)39-30(27)31(36)34(28)18-19-7-11-22(33)12-8-19/h7-14,16-17,28H,3-6,15,18H2,1-2H3. The molecular weight excluding hydrogens is 565 g/mol. The van der Waals surface area contributed by atoms with Crippen LogP contribution in [0.15, 0.2) is 74.3 Å². The molecule has 202 valence electrons. The van der Waals surface area contributed by atoms with Crippen molar-refractivity contribution in [1.29, 1.82) is 0 Å². The third-order valence-corrected chi connectivity index (χ3v) is 7.45. The van der Waals surface area contributed by atoms with Crippen molar-refractivity contribution >= 4 is 32.8 Å². The zero-order valence-electron chi connectivity index (χ0n) is 21.8. The predicted molar refractivity (Wildman–Crippen MR) is 151 cm³/mol. The molecule has 8 heteroatoms. The Morgan fingerprint density at radius 3 is 2.51 bits per heavy atom. The monoisotopic (exact) mass is 593 g/mol. The maximum Gasteiger partial charge on any atom is 0.291 e. The first-order valence-corrected chi connectivity index (χ1v) is 13.8. The van der Waals surface area contributed by atoms with E-state index in [0.29, 0.717) is 34.6 Å². The van der Waals surface area contributed by atoms with Gasteiger partial charge in [0.05, 0.1) is 30.7 Å². The van der Waals surface area contributed by atoms with Gasteiger partial charge < -0.3 is 18.8 Å². The summed E-state index contributed by atoms with van der Waals surface area (Å²) in [7, 11) is 1.56. The molecule has 0 spiro atoms. The number of amides is 1. The van der Waals surface area contributed by atoms with Crippen LogP contribution >= 0.6 is 15.9 Å². The zero-order valence-corrected chi connectivity index (χ0v) is 23.4. The summed E-state index contributed by atoms with van der Waals surface area (Å²) >= 11 is 3.42. The zero-order chi connectivity index (χ0) is 27.5. The summed E-state index contributed by atoms with van der Waals surface area (Å²) in [6.45, 7) is 2.89. The summed E-state index contributed by atoms with van der Waals surface area (Å²) in [5.74, 6) is 0.351. The van der Waals surface area contributed by atoms with Crippen LogP contribution in [0.3, 0.4) is 0 Å². The van der Waals surface area contributed by atoms with Crippen LogP contribution in [0.5, 0.6) is 11.5 Å². The molecule has 0 N–H and O–H groups in total. The number of unbranched alkanes of at least 4 members (excludes halogenated alkanes) is 3. The molecule has 1 aliphatic rings. The SMILES string of the molecule is CCCCCCOc1ccc(C2c3c(oc4ccc(Br)cc4c3=O)C(=O)N2Cc2ccc(F)cc2)cc1OC. The van der Waals surface area contributed by atoms with Crippen LogP contribution in [0.1, 0.15) is 65.9 Å². The van der Waals surface area contributed by atoms with Gasteiger partial charge in [-0.2, -0.15) is 0 Å². The number of carbonyl (C=O) groups is 1. The maximum atomic E-state index is 13.8. The summed E-state index contributed by atoms with van der Waals surface area (Å²) in [5, 5.41) is 0.378. The Labute approximate surface area is 234 Å². The van der Waals surface area contributed by atoms with Gasteiger partial charge in [0.15, 0.2) is 16.9 Å². The highest BCUT2D eigenvalue weighted by molar-refractivity contribution is 9.10. The van der Waals surface area contributed by atoms with E-state index in [-0.39, 0.29) is 29.1 Å². The maximum absolute atomic E-state index is 13.8. The van der Waals surface area contributed by atoms with Gasteiger partial charge in [-0.25, -0.2) is 4.39 Å². The quantitative estimate of drug-likeness (QED) is 0.179. The molecule has 39 heavy (non-hydrogen) atoms. The van der Waals surface area contributed by atoms with Gasteiger partial charge >= 0.3 is 0 Å². The average molecular weight is 594 g/mol. The number of hydrogen-bond acceptors (Lipinski definition) is 5. The Balaban J connectivity index is 1.58. The lowest BCUT2D eigenvalue weighted by atomic mass is 9.97. The summed E-state index contributed by atoms with van der Waals surface area (Å²) in [4.78, 5) is 29.1. The van der Waals surface area contributed by atoms with E-state index < -0.39 is 11.9 Å². The van der Waals surface area contributed by atoms with Crippen LogP contribution in [0, 0.1) is 5.82 Å². The van der Waals surface area contributed by atoms with Crippen molar-refractivity contribution in [3.05, 3.63) is 104 Å². The Morgan fingerprint density at radius 2 is 1.77 bits per heavy atom. The first-order chi connectivity index (χ1) is 18.9. The molecule has 1 aromatic heterocycles. The van der Waals surface area contributed by atoms with E-state index in [4.69, 9.17) is 13.9 Å². The van der Waals surface area contributed by atoms with Crippen LogP contribution in [0.2, 0.25) is 0 Å². The van der Waals surface area contributed by atoms with Crippen molar-refractivity contribution in [2.24, 2.45) is 0 Å². The minimum Gasteiger partial charge on any atom is -0.493 e.